The van der Waals surface area contributed by atoms with Crippen molar-refractivity contribution < 1.29 is 9.53 Å². The van der Waals surface area contributed by atoms with Gasteiger partial charge in [0.1, 0.15) is 5.75 Å². The molecule has 0 aromatic heterocycles. The maximum Gasteiger partial charge on any atom is 0.247 e. The third kappa shape index (κ3) is 5.58. The second kappa shape index (κ2) is 9.39. The third-order valence-electron chi connectivity index (χ3n) is 4.28. The molecular weight excluding hydrogens is 334 g/mol. The molecule has 0 aliphatic carbocycles. The van der Waals surface area contributed by atoms with Crippen LogP contribution in [0.2, 0.25) is 0 Å². The average Bonchev–Trinajstić information content (AvgIpc) is 2.73. The first-order chi connectivity index (χ1) is 13.2. The molecule has 0 heterocycles. The lowest BCUT2D eigenvalue weighted by molar-refractivity contribution is -0.127. The molecule has 1 amide bonds. The van der Waals surface area contributed by atoms with E-state index in [0.29, 0.717) is 13.1 Å². The van der Waals surface area contributed by atoms with Crippen molar-refractivity contribution >= 4 is 12.0 Å². The quantitative estimate of drug-likeness (QED) is 0.561. The minimum absolute atomic E-state index is 0.0153. The summed E-state index contributed by atoms with van der Waals surface area (Å²) in [6.45, 7) is 1.14. The van der Waals surface area contributed by atoms with Crippen LogP contribution in [-0.2, 0) is 17.9 Å². The summed E-state index contributed by atoms with van der Waals surface area (Å²) in [7, 11) is 1.64. The van der Waals surface area contributed by atoms with E-state index in [4.69, 9.17) is 4.74 Å². The number of rotatable bonds is 7. The standard InChI is InChI=1S/C24H23NO2/c1-27-23-15-12-20(13-16-23)14-17-24(26)25(18-21-8-4-2-5-9-21)19-22-10-6-3-7-11-22/h2-17H,18-19H2,1H3/b17-14-. The van der Waals surface area contributed by atoms with Crippen LogP contribution in [0.3, 0.4) is 0 Å². The molecule has 3 rings (SSSR count). The summed E-state index contributed by atoms with van der Waals surface area (Å²) in [4.78, 5) is 14.7. The fraction of sp³-hybridized carbons (Fsp3) is 0.125. The number of nitrogens with zero attached hydrogens (tertiary/aromatic N) is 1. The van der Waals surface area contributed by atoms with Crippen LogP contribution in [0.15, 0.2) is 91.0 Å². The largest absolute Gasteiger partial charge is 0.497 e. The molecule has 0 fully saturated rings. The van der Waals surface area contributed by atoms with Gasteiger partial charge in [-0.3, -0.25) is 4.79 Å². The van der Waals surface area contributed by atoms with Crippen LogP contribution in [-0.4, -0.2) is 17.9 Å². The number of benzene rings is 3. The van der Waals surface area contributed by atoms with Crippen LogP contribution in [0.25, 0.3) is 6.08 Å². The highest BCUT2D eigenvalue weighted by atomic mass is 16.5. The van der Waals surface area contributed by atoms with Crippen molar-refractivity contribution in [1.29, 1.82) is 0 Å². The van der Waals surface area contributed by atoms with Gasteiger partial charge in [0.2, 0.25) is 5.91 Å². The minimum atomic E-state index is -0.0153. The van der Waals surface area contributed by atoms with Gasteiger partial charge < -0.3 is 9.64 Å². The predicted octanol–water partition coefficient (Wildman–Crippen LogP) is 4.94. The van der Waals surface area contributed by atoms with Crippen LogP contribution < -0.4 is 4.74 Å². The summed E-state index contributed by atoms with van der Waals surface area (Å²) in [5.74, 6) is 0.784. The lowest BCUT2D eigenvalue weighted by atomic mass is 10.1. The number of methoxy groups -OCH3 is 1. The Hall–Kier alpha value is -3.33. The van der Waals surface area contributed by atoms with Crippen LogP contribution in [0, 0.1) is 0 Å². The zero-order valence-electron chi connectivity index (χ0n) is 15.4. The smallest absolute Gasteiger partial charge is 0.247 e. The van der Waals surface area contributed by atoms with Crippen LogP contribution in [0.1, 0.15) is 16.7 Å². The van der Waals surface area contributed by atoms with Crippen LogP contribution in [0.5, 0.6) is 5.75 Å². The highest BCUT2D eigenvalue weighted by Crippen LogP contribution is 2.14. The van der Waals surface area contributed by atoms with Gasteiger partial charge >= 0.3 is 0 Å². The van der Waals surface area contributed by atoms with E-state index in [1.165, 1.54) is 0 Å². The Morgan fingerprint density at radius 2 is 1.33 bits per heavy atom. The zero-order valence-corrected chi connectivity index (χ0v) is 15.4. The van der Waals surface area contributed by atoms with Gasteiger partial charge in [-0.25, -0.2) is 0 Å². The van der Waals surface area contributed by atoms with Gasteiger partial charge in [-0.2, -0.15) is 0 Å². The van der Waals surface area contributed by atoms with Crippen molar-refractivity contribution in [1.82, 2.24) is 4.90 Å². The van der Waals surface area contributed by atoms with Crippen molar-refractivity contribution in [2.24, 2.45) is 0 Å². The van der Waals surface area contributed by atoms with Gasteiger partial charge in [0.05, 0.1) is 7.11 Å². The van der Waals surface area contributed by atoms with Crippen LogP contribution >= 0.6 is 0 Å². The van der Waals surface area contributed by atoms with E-state index >= 15 is 0 Å². The summed E-state index contributed by atoms with van der Waals surface area (Å²) in [5.41, 5.74) is 3.18. The molecule has 0 aliphatic rings. The molecule has 0 atom stereocenters. The molecular formula is C24H23NO2. The van der Waals surface area contributed by atoms with Crippen molar-refractivity contribution in [3.8, 4) is 5.75 Å². The van der Waals surface area contributed by atoms with Gasteiger partial charge in [-0.15, -0.1) is 0 Å². The SMILES string of the molecule is COc1ccc(/C=C\C(=O)N(Cc2ccccc2)Cc2ccccc2)cc1. The van der Waals surface area contributed by atoms with E-state index < -0.39 is 0 Å². The fourth-order valence-corrected chi connectivity index (χ4v) is 2.81. The highest BCUT2D eigenvalue weighted by molar-refractivity contribution is 5.91. The summed E-state index contributed by atoms with van der Waals surface area (Å²) in [6, 6.07) is 27.7. The van der Waals surface area contributed by atoms with Gasteiger partial charge in [-0.05, 0) is 34.9 Å². The normalized spacial score (nSPS) is 10.7. The average molecular weight is 357 g/mol. The molecule has 0 N–H and O–H groups in total. The second-order valence-corrected chi connectivity index (χ2v) is 6.27. The molecule has 0 bridgehead atoms. The minimum Gasteiger partial charge on any atom is -0.497 e. The molecule has 27 heavy (non-hydrogen) atoms. The highest BCUT2D eigenvalue weighted by Gasteiger charge is 2.12. The Bertz CT molecular complexity index is 830. The van der Waals surface area contributed by atoms with Crippen molar-refractivity contribution in [3.05, 3.63) is 108 Å². The number of amides is 1. The molecule has 0 spiro atoms. The van der Waals surface area contributed by atoms with Crippen molar-refractivity contribution in [3.63, 3.8) is 0 Å². The fourth-order valence-electron chi connectivity index (χ4n) is 2.81. The number of carbonyl (C=O) groups is 1. The van der Waals surface area contributed by atoms with Gasteiger partial charge in [0.25, 0.3) is 0 Å². The Morgan fingerprint density at radius 3 is 1.81 bits per heavy atom. The first kappa shape index (κ1) is 18.5. The monoisotopic (exact) mass is 357 g/mol. The molecule has 0 radical (unpaired) electrons. The lowest BCUT2D eigenvalue weighted by Gasteiger charge is -2.21. The Morgan fingerprint density at radius 1 is 0.815 bits per heavy atom. The summed E-state index contributed by atoms with van der Waals surface area (Å²) in [6.07, 6.45) is 3.47. The number of ether oxygens (including phenoxy) is 1. The summed E-state index contributed by atoms with van der Waals surface area (Å²) in [5, 5.41) is 0. The maximum absolute atomic E-state index is 12.9. The van der Waals surface area contributed by atoms with E-state index in [1.54, 1.807) is 13.2 Å². The Labute approximate surface area is 160 Å². The molecule has 3 aromatic carbocycles. The van der Waals surface area contributed by atoms with Gasteiger partial charge in [-0.1, -0.05) is 72.8 Å². The second-order valence-electron chi connectivity index (χ2n) is 6.27. The van der Waals surface area contributed by atoms with E-state index in [0.717, 1.165) is 22.4 Å². The molecule has 0 saturated heterocycles. The Balaban J connectivity index is 1.75. The number of hydrogen-bond acceptors (Lipinski definition) is 2. The molecule has 3 nitrogen and oxygen atoms in total. The van der Waals surface area contributed by atoms with Gasteiger partial charge in [0.15, 0.2) is 0 Å². The summed E-state index contributed by atoms with van der Waals surface area (Å²) >= 11 is 0. The summed E-state index contributed by atoms with van der Waals surface area (Å²) < 4.78 is 5.17. The molecule has 3 heteroatoms. The maximum atomic E-state index is 12.9. The lowest BCUT2D eigenvalue weighted by Crippen LogP contribution is -2.28. The zero-order chi connectivity index (χ0) is 18.9. The third-order valence-corrected chi connectivity index (χ3v) is 4.28. The molecule has 3 aromatic rings. The van der Waals surface area contributed by atoms with E-state index in [9.17, 15) is 4.79 Å². The topological polar surface area (TPSA) is 29.5 Å². The molecule has 0 saturated carbocycles. The molecule has 0 aliphatic heterocycles. The first-order valence-electron chi connectivity index (χ1n) is 8.93. The van der Waals surface area contributed by atoms with E-state index in [-0.39, 0.29) is 5.91 Å². The molecule has 136 valence electrons. The molecule has 0 unspecified atom stereocenters. The van der Waals surface area contributed by atoms with Crippen molar-refractivity contribution in [2.45, 2.75) is 13.1 Å². The first-order valence-corrected chi connectivity index (χ1v) is 8.93. The number of hydrogen-bond donors (Lipinski definition) is 0. The number of carbonyl (C=O) groups excluding carboxylic acids is 1. The van der Waals surface area contributed by atoms with E-state index in [1.807, 2.05) is 95.9 Å². The predicted molar refractivity (Wildman–Crippen MR) is 109 cm³/mol. The van der Waals surface area contributed by atoms with Gasteiger partial charge in [0, 0.05) is 19.2 Å². The van der Waals surface area contributed by atoms with E-state index in [2.05, 4.69) is 0 Å². The van der Waals surface area contributed by atoms with Crippen molar-refractivity contribution in [2.75, 3.05) is 7.11 Å². The van der Waals surface area contributed by atoms with Crippen LogP contribution in [0.4, 0.5) is 0 Å². The Kier molecular flexibility index (Phi) is 6.42.